The van der Waals surface area contributed by atoms with Crippen LogP contribution in [-0.2, 0) is 23.3 Å². The van der Waals surface area contributed by atoms with Crippen molar-refractivity contribution in [3.8, 4) is 0 Å². The zero-order chi connectivity index (χ0) is 14.9. The van der Waals surface area contributed by atoms with E-state index in [1.807, 2.05) is 6.92 Å². The van der Waals surface area contributed by atoms with E-state index in [-0.39, 0.29) is 23.9 Å². The SMILES string of the molecule is CCc1nn(C)c(C(=O)NCC2CCCS2(=O)=O)c1N. The van der Waals surface area contributed by atoms with Gasteiger partial charge >= 0.3 is 0 Å². The first-order valence-electron chi connectivity index (χ1n) is 6.68. The smallest absolute Gasteiger partial charge is 0.271 e. The van der Waals surface area contributed by atoms with Gasteiger partial charge in [0.2, 0.25) is 0 Å². The molecule has 1 aromatic heterocycles. The highest BCUT2D eigenvalue weighted by molar-refractivity contribution is 7.92. The molecule has 1 aromatic rings. The number of aryl methyl sites for hydroxylation is 2. The van der Waals surface area contributed by atoms with Gasteiger partial charge in [-0.3, -0.25) is 9.48 Å². The number of rotatable bonds is 4. The predicted molar refractivity (Wildman–Crippen MR) is 76.1 cm³/mol. The van der Waals surface area contributed by atoms with Gasteiger partial charge in [0.05, 0.1) is 22.4 Å². The number of amides is 1. The molecule has 0 aromatic carbocycles. The standard InChI is InChI=1S/C12H20N4O3S/c1-3-9-10(13)11(16(2)15-9)12(17)14-7-8-5-4-6-20(8,18)19/h8H,3-7,13H2,1-2H3,(H,14,17). The minimum Gasteiger partial charge on any atom is -0.395 e. The molecule has 3 N–H and O–H groups in total. The minimum absolute atomic E-state index is 0.132. The maximum Gasteiger partial charge on any atom is 0.271 e. The zero-order valence-electron chi connectivity index (χ0n) is 11.7. The van der Waals surface area contributed by atoms with Gasteiger partial charge in [-0.2, -0.15) is 5.10 Å². The van der Waals surface area contributed by atoms with Crippen LogP contribution in [-0.4, -0.2) is 41.7 Å². The van der Waals surface area contributed by atoms with E-state index in [9.17, 15) is 13.2 Å². The molecule has 1 amide bonds. The highest BCUT2D eigenvalue weighted by Crippen LogP contribution is 2.20. The first-order chi connectivity index (χ1) is 9.36. The van der Waals surface area contributed by atoms with E-state index in [1.54, 1.807) is 7.05 Å². The number of sulfone groups is 1. The molecule has 1 aliphatic rings. The van der Waals surface area contributed by atoms with Gasteiger partial charge in [-0.15, -0.1) is 0 Å². The van der Waals surface area contributed by atoms with E-state index >= 15 is 0 Å². The molecule has 2 rings (SSSR count). The van der Waals surface area contributed by atoms with E-state index in [4.69, 9.17) is 5.73 Å². The lowest BCUT2D eigenvalue weighted by atomic mass is 10.2. The summed E-state index contributed by atoms with van der Waals surface area (Å²) in [5.74, 6) is -0.166. The minimum atomic E-state index is -3.05. The Kier molecular flexibility index (Phi) is 4.03. The zero-order valence-corrected chi connectivity index (χ0v) is 12.5. The van der Waals surface area contributed by atoms with Crippen molar-refractivity contribution in [1.29, 1.82) is 0 Å². The van der Waals surface area contributed by atoms with Crippen LogP contribution < -0.4 is 11.1 Å². The Morgan fingerprint density at radius 3 is 2.75 bits per heavy atom. The third-order valence-electron chi connectivity index (χ3n) is 3.66. The highest BCUT2D eigenvalue weighted by Gasteiger charge is 2.31. The van der Waals surface area contributed by atoms with Crippen LogP contribution in [0.15, 0.2) is 0 Å². The van der Waals surface area contributed by atoms with Crippen LogP contribution in [0, 0.1) is 0 Å². The van der Waals surface area contributed by atoms with Crippen molar-refractivity contribution < 1.29 is 13.2 Å². The normalized spacial score (nSPS) is 21.0. The van der Waals surface area contributed by atoms with Gasteiger partial charge in [0.15, 0.2) is 9.84 Å². The summed E-state index contributed by atoms with van der Waals surface area (Å²) in [6, 6.07) is 0. The lowest BCUT2D eigenvalue weighted by molar-refractivity contribution is 0.0945. The molecule has 0 aliphatic carbocycles. The molecule has 0 saturated carbocycles. The van der Waals surface area contributed by atoms with Crippen LogP contribution in [0.5, 0.6) is 0 Å². The van der Waals surface area contributed by atoms with Crippen molar-refractivity contribution in [3.63, 3.8) is 0 Å². The van der Waals surface area contributed by atoms with Crippen LogP contribution in [0.4, 0.5) is 5.69 Å². The summed E-state index contributed by atoms with van der Waals surface area (Å²) in [4.78, 5) is 12.1. The van der Waals surface area contributed by atoms with Gasteiger partial charge in [-0.25, -0.2) is 8.42 Å². The molecule has 0 radical (unpaired) electrons. The Morgan fingerprint density at radius 2 is 2.25 bits per heavy atom. The van der Waals surface area contributed by atoms with E-state index < -0.39 is 15.1 Å². The monoisotopic (exact) mass is 300 g/mol. The third-order valence-corrected chi connectivity index (χ3v) is 5.94. The molecule has 1 aliphatic heterocycles. The van der Waals surface area contributed by atoms with Gasteiger partial charge in [0.25, 0.3) is 5.91 Å². The van der Waals surface area contributed by atoms with Gasteiger partial charge in [0, 0.05) is 13.6 Å². The summed E-state index contributed by atoms with van der Waals surface area (Å²) < 4.78 is 24.8. The Labute approximate surface area is 118 Å². The fraction of sp³-hybridized carbons (Fsp3) is 0.667. The Bertz CT molecular complexity index is 621. The van der Waals surface area contributed by atoms with Gasteiger partial charge < -0.3 is 11.1 Å². The van der Waals surface area contributed by atoms with Crippen LogP contribution in [0.3, 0.4) is 0 Å². The van der Waals surface area contributed by atoms with Crippen molar-refractivity contribution in [2.45, 2.75) is 31.4 Å². The van der Waals surface area contributed by atoms with Crippen molar-refractivity contribution in [3.05, 3.63) is 11.4 Å². The number of hydrogen-bond donors (Lipinski definition) is 2. The topological polar surface area (TPSA) is 107 Å². The van der Waals surface area contributed by atoms with E-state index in [2.05, 4.69) is 10.4 Å². The number of nitrogens with two attached hydrogens (primary N) is 1. The first kappa shape index (κ1) is 14.8. The Morgan fingerprint density at radius 1 is 1.55 bits per heavy atom. The quantitative estimate of drug-likeness (QED) is 0.805. The van der Waals surface area contributed by atoms with E-state index in [0.717, 1.165) is 0 Å². The number of nitrogens with zero attached hydrogens (tertiary/aromatic N) is 2. The number of anilines is 1. The summed E-state index contributed by atoms with van der Waals surface area (Å²) in [7, 11) is -1.40. The largest absolute Gasteiger partial charge is 0.395 e. The maximum atomic E-state index is 12.1. The molecule has 0 bridgehead atoms. The molecular formula is C12H20N4O3S. The number of nitrogen functional groups attached to an aromatic ring is 1. The van der Waals surface area contributed by atoms with Crippen LogP contribution in [0.25, 0.3) is 0 Å². The van der Waals surface area contributed by atoms with Crippen molar-refractivity contribution in [2.75, 3.05) is 18.0 Å². The highest BCUT2D eigenvalue weighted by atomic mass is 32.2. The summed E-state index contributed by atoms with van der Waals surface area (Å²) in [6.45, 7) is 2.04. The van der Waals surface area contributed by atoms with Gasteiger partial charge in [0.1, 0.15) is 5.69 Å². The Balaban J connectivity index is 2.08. The molecule has 1 fully saturated rings. The Hall–Kier alpha value is -1.57. The molecule has 20 heavy (non-hydrogen) atoms. The third kappa shape index (κ3) is 2.65. The second-order valence-corrected chi connectivity index (χ2v) is 7.43. The van der Waals surface area contributed by atoms with Crippen molar-refractivity contribution in [1.82, 2.24) is 15.1 Å². The van der Waals surface area contributed by atoms with Crippen molar-refractivity contribution in [2.24, 2.45) is 7.05 Å². The number of nitrogens with one attached hydrogen (secondary N) is 1. The first-order valence-corrected chi connectivity index (χ1v) is 8.39. The number of carbonyl (C=O) groups is 1. The molecule has 0 spiro atoms. The predicted octanol–water partition coefficient (Wildman–Crippen LogP) is -0.128. The average molecular weight is 300 g/mol. The van der Waals surface area contributed by atoms with Gasteiger partial charge in [-0.05, 0) is 19.3 Å². The molecule has 1 atom stereocenters. The molecule has 8 heteroatoms. The summed E-state index contributed by atoms with van der Waals surface area (Å²) in [6.07, 6.45) is 1.91. The molecule has 7 nitrogen and oxygen atoms in total. The van der Waals surface area contributed by atoms with Gasteiger partial charge in [-0.1, -0.05) is 6.92 Å². The fourth-order valence-corrected chi connectivity index (χ4v) is 4.27. The lowest BCUT2D eigenvalue weighted by Gasteiger charge is -2.11. The molecule has 1 unspecified atom stereocenters. The van der Waals surface area contributed by atoms with Crippen molar-refractivity contribution >= 4 is 21.4 Å². The van der Waals surface area contributed by atoms with Crippen LogP contribution >= 0.6 is 0 Å². The number of carbonyl (C=O) groups excluding carboxylic acids is 1. The number of hydrogen-bond acceptors (Lipinski definition) is 5. The molecular weight excluding hydrogens is 280 g/mol. The fourth-order valence-electron chi connectivity index (χ4n) is 2.50. The van der Waals surface area contributed by atoms with Crippen LogP contribution in [0.2, 0.25) is 0 Å². The molecule has 1 saturated heterocycles. The second-order valence-electron chi connectivity index (χ2n) is 5.03. The lowest BCUT2D eigenvalue weighted by Crippen LogP contribution is -2.35. The summed E-state index contributed by atoms with van der Waals surface area (Å²) in [5.41, 5.74) is 7.21. The van der Waals surface area contributed by atoms with E-state index in [1.165, 1.54) is 4.68 Å². The average Bonchev–Trinajstić information content (AvgIpc) is 2.86. The second kappa shape index (κ2) is 5.43. The number of aromatic nitrogens is 2. The van der Waals surface area contributed by atoms with Crippen LogP contribution in [0.1, 0.15) is 35.9 Å². The maximum absolute atomic E-state index is 12.1. The summed E-state index contributed by atoms with van der Waals surface area (Å²) >= 11 is 0. The summed E-state index contributed by atoms with van der Waals surface area (Å²) in [5, 5.41) is 6.35. The molecule has 112 valence electrons. The molecule has 2 heterocycles. The van der Waals surface area contributed by atoms with E-state index in [0.29, 0.717) is 30.6 Å².